The van der Waals surface area contributed by atoms with Crippen molar-refractivity contribution in [3.05, 3.63) is 29.3 Å². The van der Waals surface area contributed by atoms with Crippen molar-refractivity contribution in [2.75, 3.05) is 38.1 Å². The lowest BCUT2D eigenvalue weighted by atomic mass is 10.0. The van der Waals surface area contributed by atoms with Gasteiger partial charge in [-0.25, -0.2) is 0 Å². The highest BCUT2D eigenvalue weighted by Crippen LogP contribution is 2.28. The van der Waals surface area contributed by atoms with Gasteiger partial charge in [0, 0.05) is 25.3 Å². The number of hydrogen-bond acceptors (Lipinski definition) is 3. The van der Waals surface area contributed by atoms with Crippen molar-refractivity contribution in [2.24, 2.45) is 5.73 Å². The Labute approximate surface area is 117 Å². The van der Waals surface area contributed by atoms with Crippen LogP contribution < -0.4 is 10.6 Å². The lowest BCUT2D eigenvalue weighted by Crippen LogP contribution is -2.45. The van der Waals surface area contributed by atoms with E-state index in [1.54, 1.807) is 0 Å². The Kier molecular flexibility index (Phi) is 4.83. The van der Waals surface area contributed by atoms with Gasteiger partial charge >= 0.3 is 0 Å². The molecule has 0 radical (unpaired) electrons. The van der Waals surface area contributed by atoms with E-state index < -0.39 is 0 Å². The van der Waals surface area contributed by atoms with Gasteiger partial charge in [0.05, 0.1) is 6.04 Å². The molecule has 0 spiro atoms. The molecular formula is C16H27N3. The molecule has 3 nitrogen and oxygen atoms in total. The van der Waals surface area contributed by atoms with Gasteiger partial charge in [-0.2, -0.15) is 0 Å². The minimum atomic E-state index is 0.430. The molecule has 0 aliphatic carbocycles. The van der Waals surface area contributed by atoms with Crippen molar-refractivity contribution in [1.82, 2.24) is 4.90 Å². The van der Waals surface area contributed by atoms with Gasteiger partial charge in [0.2, 0.25) is 0 Å². The maximum atomic E-state index is 6.04. The molecule has 0 bridgehead atoms. The molecule has 106 valence electrons. The Morgan fingerprint density at radius 1 is 1.32 bits per heavy atom. The van der Waals surface area contributed by atoms with Gasteiger partial charge in [0.1, 0.15) is 0 Å². The third kappa shape index (κ3) is 3.10. The number of benzene rings is 1. The molecule has 1 heterocycles. The molecule has 0 saturated carbocycles. The van der Waals surface area contributed by atoms with E-state index in [2.05, 4.69) is 48.9 Å². The standard InChI is InChI=1S/C16H27N3/c1-4-14-8-5-7-13(2)16(14)19-10-6-9-18(3)12-15(19)11-17/h5,7-8,15H,4,6,9-12,17H2,1-3H3. The van der Waals surface area contributed by atoms with Gasteiger partial charge in [-0.1, -0.05) is 25.1 Å². The van der Waals surface area contributed by atoms with Crippen molar-refractivity contribution >= 4 is 5.69 Å². The first-order chi connectivity index (χ1) is 9.17. The fourth-order valence-corrected chi connectivity index (χ4v) is 3.16. The van der Waals surface area contributed by atoms with Gasteiger partial charge in [0.25, 0.3) is 0 Å². The van der Waals surface area contributed by atoms with Crippen LogP contribution in [0.1, 0.15) is 24.5 Å². The van der Waals surface area contributed by atoms with Gasteiger partial charge in [-0.05, 0) is 44.5 Å². The number of likely N-dealkylation sites (N-methyl/N-ethyl adjacent to an activating group) is 1. The fraction of sp³-hybridized carbons (Fsp3) is 0.625. The van der Waals surface area contributed by atoms with Gasteiger partial charge in [-0.15, -0.1) is 0 Å². The molecule has 1 aliphatic heterocycles. The van der Waals surface area contributed by atoms with Crippen LogP contribution in [0, 0.1) is 6.92 Å². The monoisotopic (exact) mass is 261 g/mol. The third-order valence-corrected chi connectivity index (χ3v) is 4.16. The van der Waals surface area contributed by atoms with E-state index in [4.69, 9.17) is 5.73 Å². The van der Waals surface area contributed by atoms with E-state index in [1.165, 1.54) is 29.8 Å². The molecule has 3 heteroatoms. The molecule has 1 atom stereocenters. The minimum absolute atomic E-state index is 0.430. The molecule has 2 rings (SSSR count). The predicted octanol–water partition coefficient (Wildman–Crippen LogP) is 2.03. The Bertz CT molecular complexity index is 416. The minimum Gasteiger partial charge on any atom is -0.366 e. The highest BCUT2D eigenvalue weighted by molar-refractivity contribution is 5.60. The van der Waals surface area contributed by atoms with Crippen LogP contribution in [0.2, 0.25) is 0 Å². The number of nitrogens with two attached hydrogens (primary N) is 1. The van der Waals surface area contributed by atoms with Gasteiger partial charge in [0.15, 0.2) is 0 Å². The smallest absolute Gasteiger partial charge is 0.0539 e. The SMILES string of the molecule is CCc1cccc(C)c1N1CCCN(C)CC1CN. The van der Waals surface area contributed by atoms with E-state index in [9.17, 15) is 0 Å². The summed E-state index contributed by atoms with van der Waals surface area (Å²) in [6, 6.07) is 7.07. The summed E-state index contributed by atoms with van der Waals surface area (Å²) in [5.41, 5.74) is 10.3. The van der Waals surface area contributed by atoms with Crippen LogP contribution in [0.15, 0.2) is 18.2 Å². The largest absolute Gasteiger partial charge is 0.366 e. The molecule has 0 amide bonds. The molecule has 1 fully saturated rings. The zero-order chi connectivity index (χ0) is 13.8. The molecule has 0 aromatic heterocycles. The summed E-state index contributed by atoms with van der Waals surface area (Å²) in [5, 5.41) is 0. The summed E-state index contributed by atoms with van der Waals surface area (Å²) in [5.74, 6) is 0. The van der Waals surface area contributed by atoms with Crippen LogP contribution in [0.3, 0.4) is 0 Å². The van der Waals surface area contributed by atoms with E-state index in [0.29, 0.717) is 6.04 Å². The van der Waals surface area contributed by atoms with Crippen LogP contribution in [0.5, 0.6) is 0 Å². The van der Waals surface area contributed by atoms with Crippen LogP contribution in [0.4, 0.5) is 5.69 Å². The Morgan fingerprint density at radius 2 is 2.11 bits per heavy atom. The number of aryl methyl sites for hydroxylation is 2. The molecule has 2 N–H and O–H groups in total. The van der Waals surface area contributed by atoms with Crippen LogP contribution >= 0.6 is 0 Å². The Hall–Kier alpha value is -1.06. The van der Waals surface area contributed by atoms with Crippen LogP contribution in [-0.4, -0.2) is 44.2 Å². The topological polar surface area (TPSA) is 32.5 Å². The number of rotatable bonds is 3. The maximum Gasteiger partial charge on any atom is 0.0539 e. The summed E-state index contributed by atoms with van der Waals surface area (Å²) >= 11 is 0. The summed E-state index contributed by atoms with van der Waals surface area (Å²) in [4.78, 5) is 4.96. The van der Waals surface area contributed by atoms with Crippen LogP contribution in [-0.2, 0) is 6.42 Å². The average molecular weight is 261 g/mol. The molecular weight excluding hydrogens is 234 g/mol. The van der Waals surface area contributed by atoms with E-state index in [-0.39, 0.29) is 0 Å². The van der Waals surface area contributed by atoms with Gasteiger partial charge in [-0.3, -0.25) is 0 Å². The molecule has 1 aromatic rings. The molecule has 1 aromatic carbocycles. The molecule has 1 aliphatic rings. The molecule has 19 heavy (non-hydrogen) atoms. The van der Waals surface area contributed by atoms with E-state index >= 15 is 0 Å². The molecule has 1 saturated heterocycles. The first-order valence-corrected chi connectivity index (χ1v) is 7.41. The van der Waals surface area contributed by atoms with Gasteiger partial charge < -0.3 is 15.5 Å². The Balaban J connectivity index is 2.37. The summed E-state index contributed by atoms with van der Waals surface area (Å²) in [6.07, 6.45) is 2.30. The Morgan fingerprint density at radius 3 is 2.79 bits per heavy atom. The van der Waals surface area contributed by atoms with E-state index in [1.807, 2.05) is 0 Å². The highest BCUT2D eigenvalue weighted by Gasteiger charge is 2.24. The third-order valence-electron chi connectivity index (χ3n) is 4.16. The van der Waals surface area contributed by atoms with Crippen molar-refractivity contribution in [3.8, 4) is 0 Å². The molecule has 1 unspecified atom stereocenters. The normalized spacial score (nSPS) is 21.5. The second kappa shape index (κ2) is 6.40. The van der Waals surface area contributed by atoms with Crippen molar-refractivity contribution in [3.63, 3.8) is 0 Å². The lowest BCUT2D eigenvalue weighted by Gasteiger charge is -2.34. The first-order valence-electron chi connectivity index (χ1n) is 7.41. The van der Waals surface area contributed by atoms with E-state index in [0.717, 1.165) is 26.1 Å². The summed E-state index contributed by atoms with van der Waals surface area (Å²) < 4.78 is 0. The lowest BCUT2D eigenvalue weighted by molar-refractivity contribution is 0.332. The quantitative estimate of drug-likeness (QED) is 0.903. The maximum absolute atomic E-state index is 6.04. The highest BCUT2D eigenvalue weighted by atomic mass is 15.2. The first kappa shape index (κ1) is 14.4. The van der Waals surface area contributed by atoms with Crippen LogP contribution in [0.25, 0.3) is 0 Å². The number of hydrogen-bond donors (Lipinski definition) is 1. The average Bonchev–Trinajstić information content (AvgIpc) is 2.59. The predicted molar refractivity (Wildman–Crippen MR) is 82.9 cm³/mol. The zero-order valence-corrected chi connectivity index (χ0v) is 12.5. The number of para-hydroxylation sites is 1. The number of anilines is 1. The van der Waals surface area contributed by atoms with Crippen molar-refractivity contribution in [1.29, 1.82) is 0 Å². The van der Waals surface area contributed by atoms with Crippen molar-refractivity contribution < 1.29 is 0 Å². The second-order valence-electron chi connectivity index (χ2n) is 5.63. The fourth-order valence-electron chi connectivity index (χ4n) is 3.16. The zero-order valence-electron chi connectivity index (χ0n) is 12.5. The number of nitrogens with zero attached hydrogens (tertiary/aromatic N) is 2. The summed E-state index contributed by atoms with van der Waals surface area (Å²) in [6.45, 7) is 8.52. The summed E-state index contributed by atoms with van der Waals surface area (Å²) in [7, 11) is 2.20. The van der Waals surface area contributed by atoms with Crippen molar-refractivity contribution in [2.45, 2.75) is 32.7 Å². The second-order valence-corrected chi connectivity index (χ2v) is 5.63.